The lowest BCUT2D eigenvalue weighted by molar-refractivity contribution is -0.117. The third kappa shape index (κ3) is 3.78. The number of aromatic nitrogens is 2. The molecular weight excluding hydrogens is 392 g/mol. The average Bonchev–Trinajstić information content (AvgIpc) is 3.35. The first-order valence-corrected chi connectivity index (χ1v) is 9.59. The van der Waals surface area contributed by atoms with Crippen molar-refractivity contribution in [2.75, 3.05) is 37.5 Å². The van der Waals surface area contributed by atoms with Crippen molar-refractivity contribution >= 4 is 28.9 Å². The molecule has 1 amide bonds. The average molecular weight is 413 g/mol. The molecule has 0 saturated carbocycles. The Morgan fingerprint density at radius 1 is 1.21 bits per heavy atom. The van der Waals surface area contributed by atoms with Gasteiger partial charge >= 0.3 is 0 Å². The SMILES string of the molecule is COc1ccc(N2CC(c3noc(-c4ccc(N(C)C)cc4)n3)CC2=O)cc1Cl. The van der Waals surface area contributed by atoms with E-state index in [0.29, 0.717) is 35.5 Å². The third-order valence-electron chi connectivity index (χ3n) is 5.01. The van der Waals surface area contributed by atoms with Crippen LogP contribution in [0.15, 0.2) is 47.0 Å². The van der Waals surface area contributed by atoms with Gasteiger partial charge in [-0.25, -0.2) is 0 Å². The highest BCUT2D eigenvalue weighted by atomic mass is 35.5. The smallest absolute Gasteiger partial charge is 0.257 e. The van der Waals surface area contributed by atoms with Gasteiger partial charge in [0.15, 0.2) is 5.82 Å². The van der Waals surface area contributed by atoms with Gasteiger partial charge in [-0.3, -0.25) is 4.79 Å². The summed E-state index contributed by atoms with van der Waals surface area (Å²) in [6, 6.07) is 13.2. The molecule has 4 rings (SSSR count). The molecular formula is C21H21ClN4O3. The van der Waals surface area contributed by atoms with E-state index in [2.05, 4.69) is 10.1 Å². The van der Waals surface area contributed by atoms with E-state index in [1.54, 1.807) is 24.1 Å². The molecule has 1 unspecified atom stereocenters. The fraction of sp³-hybridized carbons (Fsp3) is 0.286. The number of benzene rings is 2. The number of hydrogen-bond donors (Lipinski definition) is 0. The number of nitrogens with zero attached hydrogens (tertiary/aromatic N) is 4. The zero-order chi connectivity index (χ0) is 20.5. The number of hydrogen-bond acceptors (Lipinski definition) is 6. The number of halogens is 1. The Hall–Kier alpha value is -3.06. The molecule has 1 saturated heterocycles. The maximum Gasteiger partial charge on any atom is 0.257 e. The monoisotopic (exact) mass is 412 g/mol. The van der Waals surface area contributed by atoms with Crippen molar-refractivity contribution in [1.29, 1.82) is 0 Å². The van der Waals surface area contributed by atoms with Crippen LogP contribution in [0.1, 0.15) is 18.2 Å². The summed E-state index contributed by atoms with van der Waals surface area (Å²) in [5.41, 5.74) is 2.66. The number of amides is 1. The van der Waals surface area contributed by atoms with Crippen molar-refractivity contribution in [3.8, 4) is 17.2 Å². The van der Waals surface area contributed by atoms with Crippen LogP contribution in [0.5, 0.6) is 5.75 Å². The van der Waals surface area contributed by atoms with Gasteiger partial charge in [0.2, 0.25) is 5.91 Å². The van der Waals surface area contributed by atoms with Gasteiger partial charge in [0.05, 0.1) is 12.1 Å². The summed E-state index contributed by atoms with van der Waals surface area (Å²) in [6.07, 6.45) is 0.322. The van der Waals surface area contributed by atoms with Crippen LogP contribution in [-0.4, -0.2) is 43.8 Å². The predicted octanol–water partition coefficient (Wildman–Crippen LogP) is 3.99. The van der Waals surface area contributed by atoms with E-state index in [9.17, 15) is 4.79 Å². The molecule has 0 bridgehead atoms. The molecule has 0 spiro atoms. The molecule has 29 heavy (non-hydrogen) atoms. The summed E-state index contributed by atoms with van der Waals surface area (Å²) < 4.78 is 10.6. The minimum absolute atomic E-state index is 0.00193. The molecule has 3 aromatic rings. The number of rotatable bonds is 5. The first kappa shape index (κ1) is 19.3. The molecule has 0 aliphatic carbocycles. The summed E-state index contributed by atoms with van der Waals surface area (Å²) in [4.78, 5) is 20.8. The second-order valence-corrected chi connectivity index (χ2v) is 7.53. The predicted molar refractivity (Wildman–Crippen MR) is 112 cm³/mol. The van der Waals surface area contributed by atoms with Gasteiger partial charge in [0, 0.05) is 49.9 Å². The summed E-state index contributed by atoms with van der Waals surface area (Å²) in [5, 5.41) is 4.58. The first-order valence-electron chi connectivity index (χ1n) is 9.21. The Morgan fingerprint density at radius 3 is 2.62 bits per heavy atom. The van der Waals surface area contributed by atoms with E-state index in [4.69, 9.17) is 20.9 Å². The topological polar surface area (TPSA) is 71.7 Å². The van der Waals surface area contributed by atoms with E-state index in [1.807, 2.05) is 49.3 Å². The fourth-order valence-electron chi connectivity index (χ4n) is 3.37. The Labute approximate surface area is 173 Å². The zero-order valence-electron chi connectivity index (χ0n) is 16.4. The first-order chi connectivity index (χ1) is 14.0. The van der Waals surface area contributed by atoms with E-state index < -0.39 is 0 Å². The van der Waals surface area contributed by atoms with Gasteiger partial charge in [-0.2, -0.15) is 4.98 Å². The van der Waals surface area contributed by atoms with Crippen molar-refractivity contribution in [3.63, 3.8) is 0 Å². The molecule has 1 aliphatic heterocycles. The molecule has 2 heterocycles. The molecule has 1 fully saturated rings. The maximum absolute atomic E-state index is 12.6. The minimum atomic E-state index is -0.137. The van der Waals surface area contributed by atoms with Crippen LogP contribution in [0.3, 0.4) is 0 Å². The molecule has 1 aromatic heterocycles. The molecule has 0 N–H and O–H groups in total. The quantitative estimate of drug-likeness (QED) is 0.631. The van der Waals surface area contributed by atoms with Crippen LogP contribution in [0.2, 0.25) is 5.02 Å². The Kier molecular flexibility index (Phi) is 5.15. The van der Waals surface area contributed by atoms with Crippen LogP contribution in [0.4, 0.5) is 11.4 Å². The Bertz CT molecular complexity index is 1030. The molecule has 1 atom stereocenters. The number of anilines is 2. The van der Waals surface area contributed by atoms with Crippen molar-refractivity contribution in [2.24, 2.45) is 0 Å². The third-order valence-corrected chi connectivity index (χ3v) is 5.30. The number of methoxy groups -OCH3 is 1. The summed E-state index contributed by atoms with van der Waals surface area (Å²) in [5.74, 6) is 1.41. The zero-order valence-corrected chi connectivity index (χ0v) is 17.2. The van der Waals surface area contributed by atoms with Crippen molar-refractivity contribution < 1.29 is 14.1 Å². The summed E-state index contributed by atoms with van der Waals surface area (Å²) in [6.45, 7) is 0.472. The lowest BCUT2D eigenvalue weighted by Crippen LogP contribution is -2.24. The maximum atomic E-state index is 12.6. The molecule has 8 heteroatoms. The lowest BCUT2D eigenvalue weighted by atomic mass is 10.1. The Morgan fingerprint density at radius 2 is 1.97 bits per heavy atom. The standard InChI is InChI=1S/C21H21ClN4O3/c1-25(2)15-6-4-13(5-7-15)21-23-20(24-29-21)14-10-19(27)26(12-14)16-8-9-18(28-3)17(22)11-16/h4-9,11,14H,10,12H2,1-3H3. The van der Waals surface area contributed by atoms with Crippen molar-refractivity contribution in [2.45, 2.75) is 12.3 Å². The summed E-state index contributed by atoms with van der Waals surface area (Å²) >= 11 is 6.21. The van der Waals surface area contributed by atoms with Gasteiger partial charge < -0.3 is 19.1 Å². The molecule has 0 radical (unpaired) electrons. The highest BCUT2D eigenvalue weighted by Gasteiger charge is 2.35. The Balaban J connectivity index is 1.52. The largest absolute Gasteiger partial charge is 0.495 e. The second-order valence-electron chi connectivity index (χ2n) is 7.12. The van der Waals surface area contributed by atoms with Crippen LogP contribution >= 0.6 is 11.6 Å². The van der Waals surface area contributed by atoms with E-state index in [0.717, 1.165) is 16.9 Å². The van der Waals surface area contributed by atoms with E-state index in [-0.39, 0.29) is 11.8 Å². The van der Waals surface area contributed by atoms with Crippen molar-refractivity contribution in [3.05, 3.63) is 53.3 Å². The second kappa shape index (κ2) is 7.75. The highest BCUT2D eigenvalue weighted by molar-refractivity contribution is 6.32. The normalized spacial score (nSPS) is 16.3. The highest BCUT2D eigenvalue weighted by Crippen LogP contribution is 2.35. The van der Waals surface area contributed by atoms with Gasteiger partial charge in [-0.05, 0) is 42.5 Å². The molecule has 150 valence electrons. The fourth-order valence-corrected chi connectivity index (χ4v) is 3.63. The summed E-state index contributed by atoms with van der Waals surface area (Å²) in [7, 11) is 5.52. The van der Waals surface area contributed by atoms with Gasteiger partial charge in [-0.1, -0.05) is 16.8 Å². The number of carbonyl (C=O) groups is 1. The van der Waals surface area contributed by atoms with E-state index >= 15 is 0 Å². The van der Waals surface area contributed by atoms with Crippen LogP contribution < -0.4 is 14.5 Å². The van der Waals surface area contributed by atoms with E-state index in [1.165, 1.54) is 0 Å². The number of ether oxygens (including phenoxy) is 1. The van der Waals surface area contributed by atoms with Crippen molar-refractivity contribution in [1.82, 2.24) is 10.1 Å². The van der Waals surface area contributed by atoms with Gasteiger partial charge in [0.1, 0.15) is 5.75 Å². The van der Waals surface area contributed by atoms with Gasteiger partial charge in [-0.15, -0.1) is 0 Å². The van der Waals surface area contributed by atoms with Crippen LogP contribution in [0, 0.1) is 0 Å². The minimum Gasteiger partial charge on any atom is -0.495 e. The van der Waals surface area contributed by atoms with Gasteiger partial charge in [0.25, 0.3) is 5.89 Å². The van der Waals surface area contributed by atoms with Crippen LogP contribution in [-0.2, 0) is 4.79 Å². The van der Waals surface area contributed by atoms with Crippen LogP contribution in [0.25, 0.3) is 11.5 Å². The molecule has 1 aliphatic rings. The molecule has 7 nitrogen and oxygen atoms in total. The lowest BCUT2D eigenvalue weighted by Gasteiger charge is -2.17. The molecule has 2 aromatic carbocycles. The number of carbonyl (C=O) groups excluding carboxylic acids is 1.